The number of ketones is 1. The number of methoxy groups -OCH3 is 1. The van der Waals surface area contributed by atoms with Crippen LogP contribution in [0.5, 0.6) is 5.75 Å². The summed E-state index contributed by atoms with van der Waals surface area (Å²) >= 11 is 3.46. The normalized spacial score (nSPS) is 16.3. The monoisotopic (exact) mass is 416 g/mol. The Hall–Kier alpha value is -2.14. The summed E-state index contributed by atoms with van der Waals surface area (Å²) in [7, 11) is 1.58. The Kier molecular flexibility index (Phi) is 5.19. The first-order valence-electron chi connectivity index (χ1n) is 8.47. The molecule has 4 nitrogen and oxygen atoms in total. The first-order valence-corrected chi connectivity index (χ1v) is 9.26. The van der Waals surface area contributed by atoms with E-state index in [0.717, 1.165) is 20.8 Å². The molecule has 0 N–H and O–H groups in total. The van der Waals surface area contributed by atoms with Crippen LogP contribution in [0, 0.1) is 5.41 Å². The average Bonchev–Trinajstić information content (AvgIpc) is 2.52. The molecular formula is C21H21BrO4. The average molecular weight is 417 g/mol. The van der Waals surface area contributed by atoms with Crippen molar-refractivity contribution in [2.45, 2.75) is 33.1 Å². The van der Waals surface area contributed by atoms with Crippen LogP contribution in [0.2, 0.25) is 0 Å². The number of benzene rings is 2. The Balaban J connectivity index is 1.86. The van der Waals surface area contributed by atoms with Gasteiger partial charge in [0.05, 0.1) is 13.5 Å². The third-order valence-electron chi connectivity index (χ3n) is 4.46. The lowest BCUT2D eigenvalue weighted by atomic mass is 9.79. The summed E-state index contributed by atoms with van der Waals surface area (Å²) in [5, 5.41) is 1.95. The maximum absolute atomic E-state index is 12.5. The van der Waals surface area contributed by atoms with E-state index in [-0.39, 0.29) is 17.6 Å². The number of ether oxygens (including phenoxy) is 2. The predicted molar refractivity (Wildman–Crippen MR) is 104 cm³/mol. The molecule has 0 heterocycles. The van der Waals surface area contributed by atoms with Crippen molar-refractivity contribution in [2.75, 3.05) is 7.11 Å². The fraction of sp³-hybridized carbons (Fsp3) is 0.333. The lowest BCUT2D eigenvalue weighted by molar-refractivity contribution is -0.139. The molecule has 0 unspecified atom stereocenters. The molecule has 26 heavy (non-hydrogen) atoms. The van der Waals surface area contributed by atoms with Crippen LogP contribution >= 0.6 is 15.9 Å². The minimum atomic E-state index is -0.393. The highest BCUT2D eigenvalue weighted by Gasteiger charge is 2.29. The summed E-state index contributed by atoms with van der Waals surface area (Å²) in [4.78, 5) is 24.4. The van der Waals surface area contributed by atoms with E-state index in [4.69, 9.17) is 9.47 Å². The van der Waals surface area contributed by atoms with Crippen molar-refractivity contribution in [1.82, 2.24) is 0 Å². The molecule has 0 fully saturated rings. The van der Waals surface area contributed by atoms with Gasteiger partial charge in [0, 0.05) is 29.0 Å². The van der Waals surface area contributed by atoms with Crippen molar-refractivity contribution < 1.29 is 19.1 Å². The molecule has 0 amide bonds. The van der Waals surface area contributed by atoms with Gasteiger partial charge in [-0.25, -0.2) is 0 Å². The first-order chi connectivity index (χ1) is 12.3. The predicted octanol–water partition coefficient (Wildman–Crippen LogP) is 4.97. The molecule has 0 aliphatic heterocycles. The van der Waals surface area contributed by atoms with Crippen LogP contribution in [-0.4, -0.2) is 18.9 Å². The number of esters is 1. The van der Waals surface area contributed by atoms with Gasteiger partial charge < -0.3 is 9.47 Å². The van der Waals surface area contributed by atoms with Crippen LogP contribution in [0.25, 0.3) is 10.8 Å². The standard InChI is InChI=1S/C21H21BrO4/c1-21(2)11-15(23)9-16(12-21)26-20(24)10-18-17-6-5-14(22)8-13(17)4-7-19(18)25-3/h4-9H,10-12H2,1-3H3. The van der Waals surface area contributed by atoms with E-state index in [9.17, 15) is 9.59 Å². The summed E-state index contributed by atoms with van der Waals surface area (Å²) in [6, 6.07) is 9.69. The number of fused-ring (bicyclic) bond motifs is 1. The molecule has 2 aromatic carbocycles. The second-order valence-corrected chi connectivity index (χ2v) is 8.27. The Morgan fingerprint density at radius 2 is 1.96 bits per heavy atom. The van der Waals surface area contributed by atoms with Crippen molar-refractivity contribution in [2.24, 2.45) is 5.41 Å². The zero-order chi connectivity index (χ0) is 18.9. The van der Waals surface area contributed by atoms with Gasteiger partial charge in [-0.05, 0) is 34.4 Å². The molecule has 1 aliphatic carbocycles. The summed E-state index contributed by atoms with van der Waals surface area (Å²) < 4.78 is 11.9. The van der Waals surface area contributed by atoms with E-state index >= 15 is 0 Å². The van der Waals surface area contributed by atoms with Crippen LogP contribution < -0.4 is 4.74 Å². The molecule has 2 aromatic rings. The second-order valence-electron chi connectivity index (χ2n) is 7.36. The zero-order valence-electron chi connectivity index (χ0n) is 15.1. The van der Waals surface area contributed by atoms with Crippen LogP contribution in [0.4, 0.5) is 0 Å². The van der Waals surface area contributed by atoms with Gasteiger partial charge in [-0.1, -0.05) is 41.9 Å². The number of carbonyl (C=O) groups is 2. The van der Waals surface area contributed by atoms with Crippen LogP contribution in [0.1, 0.15) is 32.3 Å². The summed E-state index contributed by atoms with van der Waals surface area (Å²) in [6.07, 6.45) is 2.57. The van der Waals surface area contributed by atoms with Gasteiger partial charge in [-0.15, -0.1) is 0 Å². The van der Waals surface area contributed by atoms with Gasteiger partial charge in [0.15, 0.2) is 5.78 Å². The number of hydrogen-bond donors (Lipinski definition) is 0. The highest BCUT2D eigenvalue weighted by molar-refractivity contribution is 9.10. The smallest absolute Gasteiger partial charge is 0.315 e. The maximum Gasteiger partial charge on any atom is 0.315 e. The maximum atomic E-state index is 12.5. The van der Waals surface area contributed by atoms with Crippen LogP contribution in [0.3, 0.4) is 0 Å². The molecule has 0 saturated carbocycles. The molecule has 3 rings (SSSR count). The Morgan fingerprint density at radius 1 is 1.19 bits per heavy atom. The van der Waals surface area contributed by atoms with Gasteiger partial charge in [0.2, 0.25) is 0 Å². The molecule has 5 heteroatoms. The molecule has 0 spiro atoms. The summed E-state index contributed by atoms with van der Waals surface area (Å²) in [6.45, 7) is 3.99. The minimum Gasteiger partial charge on any atom is -0.496 e. The molecule has 136 valence electrons. The number of halogens is 1. The molecule has 0 bridgehead atoms. The van der Waals surface area contributed by atoms with E-state index < -0.39 is 5.97 Å². The van der Waals surface area contributed by atoms with Gasteiger partial charge in [-0.3, -0.25) is 9.59 Å². The van der Waals surface area contributed by atoms with E-state index in [0.29, 0.717) is 24.4 Å². The molecule has 0 saturated heterocycles. The first kappa shape index (κ1) is 18.6. The third-order valence-corrected chi connectivity index (χ3v) is 4.96. The van der Waals surface area contributed by atoms with Crippen LogP contribution in [0.15, 0.2) is 46.6 Å². The molecule has 0 radical (unpaired) electrons. The Morgan fingerprint density at radius 3 is 2.65 bits per heavy atom. The lowest BCUT2D eigenvalue weighted by Gasteiger charge is -2.28. The SMILES string of the molecule is COc1ccc2cc(Br)ccc2c1CC(=O)OC1=CC(=O)CC(C)(C)C1. The topological polar surface area (TPSA) is 52.6 Å². The molecular weight excluding hydrogens is 396 g/mol. The van der Waals surface area contributed by atoms with Crippen molar-refractivity contribution in [3.8, 4) is 5.75 Å². The Labute approximate surface area is 161 Å². The molecule has 0 atom stereocenters. The van der Waals surface area contributed by atoms with Crippen molar-refractivity contribution >= 4 is 38.5 Å². The van der Waals surface area contributed by atoms with Gasteiger partial charge >= 0.3 is 5.97 Å². The summed E-state index contributed by atoms with van der Waals surface area (Å²) in [5.74, 6) is 0.691. The van der Waals surface area contributed by atoms with Gasteiger partial charge in [-0.2, -0.15) is 0 Å². The van der Waals surface area contributed by atoms with Gasteiger partial charge in [0.1, 0.15) is 11.5 Å². The zero-order valence-corrected chi connectivity index (χ0v) is 16.7. The van der Waals surface area contributed by atoms with Crippen LogP contribution in [-0.2, 0) is 20.7 Å². The summed E-state index contributed by atoms with van der Waals surface area (Å²) in [5.41, 5.74) is 0.592. The number of rotatable bonds is 4. The number of allylic oxidation sites excluding steroid dienone is 2. The fourth-order valence-corrected chi connectivity index (χ4v) is 3.78. The fourth-order valence-electron chi connectivity index (χ4n) is 3.40. The highest BCUT2D eigenvalue weighted by atomic mass is 79.9. The quantitative estimate of drug-likeness (QED) is 0.660. The van der Waals surface area contributed by atoms with Gasteiger partial charge in [0.25, 0.3) is 0 Å². The highest BCUT2D eigenvalue weighted by Crippen LogP contribution is 2.35. The van der Waals surface area contributed by atoms with E-state index in [1.54, 1.807) is 7.11 Å². The van der Waals surface area contributed by atoms with Crippen molar-refractivity contribution in [3.05, 3.63) is 52.2 Å². The Bertz CT molecular complexity index is 912. The molecule has 0 aromatic heterocycles. The third kappa shape index (κ3) is 4.15. The van der Waals surface area contributed by atoms with E-state index in [2.05, 4.69) is 15.9 Å². The van der Waals surface area contributed by atoms with E-state index in [1.165, 1.54) is 6.08 Å². The second kappa shape index (κ2) is 7.23. The minimum absolute atomic E-state index is 0.00311. The van der Waals surface area contributed by atoms with E-state index in [1.807, 2.05) is 44.2 Å². The number of hydrogen-bond acceptors (Lipinski definition) is 4. The largest absolute Gasteiger partial charge is 0.496 e. The number of carbonyl (C=O) groups excluding carboxylic acids is 2. The molecule has 1 aliphatic rings. The van der Waals surface area contributed by atoms with Crippen molar-refractivity contribution in [1.29, 1.82) is 0 Å². The van der Waals surface area contributed by atoms with Crippen molar-refractivity contribution in [3.63, 3.8) is 0 Å². The lowest BCUT2D eigenvalue weighted by Crippen LogP contribution is -2.24.